The summed E-state index contributed by atoms with van der Waals surface area (Å²) in [7, 11) is 0. The predicted molar refractivity (Wildman–Crippen MR) is 60.9 cm³/mol. The summed E-state index contributed by atoms with van der Waals surface area (Å²) >= 11 is 7.49. The van der Waals surface area contributed by atoms with E-state index in [9.17, 15) is 0 Å². The van der Waals surface area contributed by atoms with Crippen molar-refractivity contribution in [3.8, 4) is 0 Å². The highest BCUT2D eigenvalue weighted by Gasteiger charge is 1.96. The molecule has 4 heteroatoms. The van der Waals surface area contributed by atoms with Crippen LogP contribution in [0.1, 0.15) is 5.01 Å². The molecular weight excluding hydrogens is 216 g/mol. The van der Waals surface area contributed by atoms with Crippen LogP contribution in [-0.4, -0.2) is 4.98 Å². The minimum atomic E-state index is 0.745. The number of nitrogens with zero attached hydrogens (tertiary/aromatic N) is 1. The molecule has 14 heavy (non-hydrogen) atoms. The fourth-order valence-electron chi connectivity index (χ4n) is 1.12. The molecule has 0 spiro atoms. The first kappa shape index (κ1) is 9.49. The Morgan fingerprint density at radius 3 is 3.07 bits per heavy atom. The summed E-state index contributed by atoms with van der Waals surface area (Å²) in [4.78, 5) is 4.18. The molecule has 0 aliphatic heterocycles. The van der Waals surface area contributed by atoms with Crippen molar-refractivity contribution in [2.45, 2.75) is 6.54 Å². The van der Waals surface area contributed by atoms with E-state index in [4.69, 9.17) is 11.6 Å². The summed E-state index contributed by atoms with van der Waals surface area (Å²) in [6.45, 7) is 0.748. The number of aromatic nitrogens is 1. The average Bonchev–Trinajstić information content (AvgIpc) is 2.67. The van der Waals surface area contributed by atoms with Gasteiger partial charge in [-0.2, -0.15) is 0 Å². The fourth-order valence-corrected chi connectivity index (χ4v) is 1.86. The summed E-state index contributed by atoms with van der Waals surface area (Å²) in [6.07, 6.45) is 1.81. The van der Waals surface area contributed by atoms with Gasteiger partial charge in [-0.15, -0.1) is 11.3 Å². The Balaban J connectivity index is 1.98. The third-order valence-corrected chi connectivity index (χ3v) is 2.77. The van der Waals surface area contributed by atoms with Crippen LogP contribution in [0, 0.1) is 0 Å². The van der Waals surface area contributed by atoms with Crippen LogP contribution in [0.15, 0.2) is 35.8 Å². The van der Waals surface area contributed by atoms with E-state index in [0.717, 1.165) is 22.3 Å². The zero-order valence-electron chi connectivity index (χ0n) is 7.40. The Kier molecular flexibility index (Phi) is 3.01. The zero-order chi connectivity index (χ0) is 9.80. The molecule has 0 saturated heterocycles. The van der Waals surface area contributed by atoms with E-state index in [1.165, 1.54) is 0 Å². The second kappa shape index (κ2) is 4.44. The highest BCUT2D eigenvalue weighted by atomic mass is 35.5. The zero-order valence-corrected chi connectivity index (χ0v) is 8.98. The molecule has 72 valence electrons. The van der Waals surface area contributed by atoms with Gasteiger partial charge in [-0.25, -0.2) is 4.98 Å². The van der Waals surface area contributed by atoms with E-state index in [2.05, 4.69) is 10.3 Å². The van der Waals surface area contributed by atoms with Crippen LogP contribution >= 0.6 is 22.9 Å². The normalized spacial score (nSPS) is 10.1. The van der Waals surface area contributed by atoms with Gasteiger partial charge in [-0.05, 0) is 18.2 Å². The van der Waals surface area contributed by atoms with E-state index in [1.807, 2.05) is 29.6 Å². The number of benzene rings is 1. The number of halogens is 1. The first-order chi connectivity index (χ1) is 6.84. The average molecular weight is 225 g/mol. The predicted octanol–water partition coefficient (Wildman–Crippen LogP) is 3.41. The van der Waals surface area contributed by atoms with Gasteiger partial charge in [0.25, 0.3) is 0 Å². The molecule has 0 unspecified atom stereocenters. The summed E-state index contributed by atoms with van der Waals surface area (Å²) < 4.78 is 0. The van der Waals surface area contributed by atoms with Crippen molar-refractivity contribution in [1.82, 2.24) is 4.98 Å². The molecule has 0 fully saturated rings. The number of anilines is 1. The van der Waals surface area contributed by atoms with Gasteiger partial charge in [0.1, 0.15) is 5.01 Å². The lowest BCUT2D eigenvalue weighted by molar-refractivity contribution is 1.10. The standard InChI is InChI=1S/C10H9ClN2S/c11-8-2-1-3-9(6-8)13-7-10-12-4-5-14-10/h1-6,13H,7H2. The smallest absolute Gasteiger partial charge is 0.112 e. The summed E-state index contributed by atoms with van der Waals surface area (Å²) in [6, 6.07) is 7.66. The topological polar surface area (TPSA) is 24.9 Å². The maximum Gasteiger partial charge on any atom is 0.112 e. The van der Waals surface area contributed by atoms with Crippen molar-refractivity contribution in [2.75, 3.05) is 5.32 Å². The van der Waals surface area contributed by atoms with Crippen LogP contribution in [0.25, 0.3) is 0 Å². The largest absolute Gasteiger partial charge is 0.378 e. The second-order valence-electron chi connectivity index (χ2n) is 2.79. The van der Waals surface area contributed by atoms with Crippen molar-refractivity contribution in [2.24, 2.45) is 0 Å². The van der Waals surface area contributed by atoms with Gasteiger partial charge in [-0.1, -0.05) is 17.7 Å². The van der Waals surface area contributed by atoms with Gasteiger partial charge in [0.05, 0.1) is 6.54 Å². The first-order valence-electron chi connectivity index (χ1n) is 4.22. The SMILES string of the molecule is Clc1cccc(NCc2nccs2)c1. The molecule has 1 N–H and O–H groups in total. The lowest BCUT2D eigenvalue weighted by Crippen LogP contribution is -1.98. The van der Waals surface area contributed by atoms with Gasteiger partial charge in [-0.3, -0.25) is 0 Å². The number of hydrogen-bond donors (Lipinski definition) is 1. The van der Waals surface area contributed by atoms with Crippen molar-refractivity contribution in [1.29, 1.82) is 0 Å². The minimum absolute atomic E-state index is 0.745. The Morgan fingerprint density at radius 2 is 2.36 bits per heavy atom. The molecule has 0 bridgehead atoms. The molecule has 0 atom stereocenters. The Hall–Kier alpha value is -1.06. The van der Waals surface area contributed by atoms with Gasteiger partial charge < -0.3 is 5.32 Å². The van der Waals surface area contributed by atoms with E-state index >= 15 is 0 Å². The number of nitrogens with one attached hydrogen (secondary N) is 1. The third kappa shape index (κ3) is 2.47. The molecule has 2 aromatic rings. The molecular formula is C10H9ClN2S. The maximum absolute atomic E-state index is 5.85. The molecule has 0 aliphatic rings. The molecule has 1 aromatic carbocycles. The molecule has 0 saturated carbocycles. The van der Waals surface area contributed by atoms with Crippen molar-refractivity contribution in [3.05, 3.63) is 45.9 Å². The number of thiazole rings is 1. The van der Waals surface area contributed by atoms with E-state index in [-0.39, 0.29) is 0 Å². The highest BCUT2D eigenvalue weighted by molar-refractivity contribution is 7.09. The van der Waals surface area contributed by atoms with E-state index < -0.39 is 0 Å². The van der Waals surface area contributed by atoms with E-state index in [0.29, 0.717) is 0 Å². The van der Waals surface area contributed by atoms with Crippen molar-refractivity contribution in [3.63, 3.8) is 0 Å². The lowest BCUT2D eigenvalue weighted by atomic mass is 10.3. The van der Waals surface area contributed by atoms with Gasteiger partial charge in [0.2, 0.25) is 0 Å². The Labute approximate surface area is 91.6 Å². The van der Waals surface area contributed by atoms with Crippen molar-refractivity contribution >= 4 is 28.6 Å². The summed E-state index contributed by atoms with van der Waals surface area (Å²) in [5.41, 5.74) is 1.02. The molecule has 0 aliphatic carbocycles. The Morgan fingerprint density at radius 1 is 1.43 bits per heavy atom. The molecule has 0 radical (unpaired) electrons. The highest BCUT2D eigenvalue weighted by Crippen LogP contribution is 2.16. The second-order valence-corrected chi connectivity index (χ2v) is 4.21. The van der Waals surface area contributed by atoms with Crippen LogP contribution in [-0.2, 0) is 6.54 Å². The summed E-state index contributed by atoms with van der Waals surface area (Å²) in [5, 5.41) is 7.04. The molecule has 1 heterocycles. The molecule has 1 aromatic heterocycles. The van der Waals surface area contributed by atoms with Gasteiger partial charge in [0, 0.05) is 22.3 Å². The van der Waals surface area contributed by atoms with Crippen LogP contribution in [0.3, 0.4) is 0 Å². The van der Waals surface area contributed by atoms with Gasteiger partial charge >= 0.3 is 0 Å². The quantitative estimate of drug-likeness (QED) is 0.865. The monoisotopic (exact) mass is 224 g/mol. The van der Waals surface area contributed by atoms with Crippen molar-refractivity contribution < 1.29 is 0 Å². The van der Waals surface area contributed by atoms with E-state index in [1.54, 1.807) is 17.5 Å². The van der Waals surface area contributed by atoms with Gasteiger partial charge in [0.15, 0.2) is 0 Å². The molecule has 0 amide bonds. The number of rotatable bonds is 3. The van der Waals surface area contributed by atoms with Crippen LogP contribution in [0.2, 0.25) is 5.02 Å². The molecule has 2 rings (SSSR count). The summed E-state index contributed by atoms with van der Waals surface area (Å²) in [5.74, 6) is 0. The lowest BCUT2D eigenvalue weighted by Gasteiger charge is -2.03. The van der Waals surface area contributed by atoms with Crippen LogP contribution in [0.4, 0.5) is 5.69 Å². The Bertz CT molecular complexity index is 400. The minimum Gasteiger partial charge on any atom is -0.378 e. The van der Waals surface area contributed by atoms with Crippen LogP contribution in [0.5, 0.6) is 0 Å². The third-order valence-electron chi connectivity index (χ3n) is 1.75. The first-order valence-corrected chi connectivity index (χ1v) is 5.48. The molecule has 2 nitrogen and oxygen atoms in total. The fraction of sp³-hybridized carbons (Fsp3) is 0.100. The maximum atomic E-state index is 5.85. The van der Waals surface area contributed by atoms with Crippen LogP contribution < -0.4 is 5.32 Å². The number of hydrogen-bond acceptors (Lipinski definition) is 3.